The minimum absolute atomic E-state index is 0.129. The molecule has 0 fully saturated rings. The van der Waals surface area contributed by atoms with Crippen molar-refractivity contribution in [2.75, 3.05) is 5.75 Å². The van der Waals surface area contributed by atoms with Crippen molar-refractivity contribution < 1.29 is 9.18 Å². The summed E-state index contributed by atoms with van der Waals surface area (Å²) in [5.74, 6) is -0.224. The molecule has 0 aliphatic rings. The van der Waals surface area contributed by atoms with E-state index in [1.165, 1.54) is 23.9 Å². The molecular formula is C19H15FN4OS2. The van der Waals surface area contributed by atoms with Gasteiger partial charge in [-0.2, -0.15) is 0 Å². The Balaban J connectivity index is 1.48. The zero-order chi connectivity index (χ0) is 18.6. The van der Waals surface area contributed by atoms with Crippen LogP contribution in [0, 0.1) is 5.82 Å². The summed E-state index contributed by atoms with van der Waals surface area (Å²) in [5, 5.41) is 13.9. The van der Waals surface area contributed by atoms with Crippen molar-refractivity contribution in [1.29, 1.82) is 0 Å². The Bertz CT molecular complexity index is 1050. The zero-order valence-electron chi connectivity index (χ0n) is 14.1. The monoisotopic (exact) mass is 398 g/mol. The summed E-state index contributed by atoms with van der Waals surface area (Å²) in [5.41, 5.74) is 1.58. The van der Waals surface area contributed by atoms with Crippen LogP contribution < -0.4 is 5.32 Å². The quantitative estimate of drug-likeness (QED) is 0.500. The van der Waals surface area contributed by atoms with Gasteiger partial charge in [0.15, 0.2) is 10.8 Å². The van der Waals surface area contributed by atoms with Gasteiger partial charge in [-0.25, -0.2) is 4.39 Å². The van der Waals surface area contributed by atoms with E-state index in [0.29, 0.717) is 5.16 Å². The van der Waals surface area contributed by atoms with Gasteiger partial charge in [0.25, 0.3) is 0 Å². The molecule has 4 rings (SSSR count). The maximum Gasteiger partial charge on any atom is 0.231 e. The summed E-state index contributed by atoms with van der Waals surface area (Å²) in [6.07, 6.45) is 1.86. The number of nitrogens with one attached hydrogen (secondary N) is 1. The third-order valence-corrected chi connectivity index (χ3v) is 5.83. The molecule has 0 radical (unpaired) electrons. The van der Waals surface area contributed by atoms with Gasteiger partial charge in [0.2, 0.25) is 5.91 Å². The van der Waals surface area contributed by atoms with Crippen molar-refractivity contribution in [3.63, 3.8) is 0 Å². The maximum absolute atomic E-state index is 13.3. The SMILES string of the molecule is O=C(CSc1nnc2ccccn12)N[C@H](c1ccc(F)cc1)c1cccs1. The van der Waals surface area contributed by atoms with Crippen LogP contribution in [0.5, 0.6) is 0 Å². The van der Waals surface area contributed by atoms with Crippen molar-refractivity contribution in [3.05, 3.63) is 82.4 Å². The van der Waals surface area contributed by atoms with Crippen LogP contribution in [0.15, 0.2) is 71.3 Å². The fourth-order valence-electron chi connectivity index (χ4n) is 2.68. The Hall–Kier alpha value is -2.71. The molecule has 0 saturated carbocycles. The van der Waals surface area contributed by atoms with E-state index < -0.39 is 0 Å². The number of aromatic nitrogens is 3. The normalized spacial score (nSPS) is 12.2. The van der Waals surface area contributed by atoms with E-state index in [1.54, 1.807) is 23.5 Å². The summed E-state index contributed by atoms with van der Waals surface area (Å²) in [7, 11) is 0. The van der Waals surface area contributed by atoms with Gasteiger partial charge < -0.3 is 5.32 Å². The number of thioether (sulfide) groups is 1. The lowest BCUT2D eigenvalue weighted by atomic mass is 10.1. The fraction of sp³-hybridized carbons (Fsp3) is 0.105. The molecule has 0 spiro atoms. The highest BCUT2D eigenvalue weighted by molar-refractivity contribution is 7.99. The molecule has 4 aromatic rings. The molecule has 8 heteroatoms. The van der Waals surface area contributed by atoms with Crippen LogP contribution in [0.1, 0.15) is 16.5 Å². The van der Waals surface area contributed by atoms with Gasteiger partial charge in [0, 0.05) is 11.1 Å². The highest BCUT2D eigenvalue weighted by atomic mass is 32.2. The lowest BCUT2D eigenvalue weighted by Crippen LogP contribution is -2.30. The molecule has 1 N–H and O–H groups in total. The van der Waals surface area contributed by atoms with E-state index in [4.69, 9.17) is 0 Å². The van der Waals surface area contributed by atoms with Crippen LogP contribution in [0.25, 0.3) is 5.65 Å². The molecule has 27 heavy (non-hydrogen) atoms. The predicted octanol–water partition coefficient (Wildman–Crippen LogP) is 3.93. The number of pyridine rings is 1. The number of fused-ring (bicyclic) bond motifs is 1. The number of hydrogen-bond donors (Lipinski definition) is 1. The Morgan fingerprint density at radius 1 is 1.15 bits per heavy atom. The van der Waals surface area contributed by atoms with Gasteiger partial charge in [0.05, 0.1) is 11.8 Å². The minimum atomic E-state index is -0.311. The average Bonchev–Trinajstić information content (AvgIpc) is 3.35. The second-order valence-electron chi connectivity index (χ2n) is 5.77. The Labute approximate surface area is 163 Å². The van der Waals surface area contributed by atoms with Gasteiger partial charge in [-0.05, 0) is 41.3 Å². The fourth-order valence-corrected chi connectivity index (χ4v) is 4.22. The molecule has 3 heterocycles. The Kier molecular flexibility index (Phi) is 5.17. The second kappa shape index (κ2) is 7.89. The topological polar surface area (TPSA) is 59.3 Å². The van der Waals surface area contributed by atoms with Crippen molar-refractivity contribution in [2.24, 2.45) is 0 Å². The number of carbonyl (C=O) groups is 1. The summed E-state index contributed by atoms with van der Waals surface area (Å²) < 4.78 is 15.1. The summed E-state index contributed by atoms with van der Waals surface area (Å²) in [6, 6.07) is 15.4. The first-order chi connectivity index (χ1) is 13.2. The van der Waals surface area contributed by atoms with E-state index >= 15 is 0 Å². The summed E-state index contributed by atoms with van der Waals surface area (Å²) >= 11 is 2.87. The highest BCUT2D eigenvalue weighted by Crippen LogP contribution is 2.26. The third kappa shape index (κ3) is 4.01. The number of rotatable bonds is 6. The van der Waals surface area contributed by atoms with Crippen LogP contribution in [-0.2, 0) is 4.79 Å². The second-order valence-corrected chi connectivity index (χ2v) is 7.69. The summed E-state index contributed by atoms with van der Waals surface area (Å²) in [4.78, 5) is 13.6. The lowest BCUT2D eigenvalue weighted by molar-refractivity contribution is -0.119. The Morgan fingerprint density at radius 3 is 2.78 bits per heavy atom. The van der Waals surface area contributed by atoms with E-state index in [9.17, 15) is 9.18 Å². The lowest BCUT2D eigenvalue weighted by Gasteiger charge is -2.18. The van der Waals surface area contributed by atoms with Crippen molar-refractivity contribution in [1.82, 2.24) is 19.9 Å². The Morgan fingerprint density at radius 2 is 2.00 bits per heavy atom. The highest BCUT2D eigenvalue weighted by Gasteiger charge is 2.18. The number of nitrogens with zero attached hydrogens (tertiary/aromatic N) is 3. The molecule has 0 saturated heterocycles. The van der Waals surface area contributed by atoms with E-state index in [1.807, 2.05) is 46.3 Å². The van der Waals surface area contributed by atoms with Gasteiger partial charge in [0.1, 0.15) is 5.82 Å². The van der Waals surface area contributed by atoms with Crippen LogP contribution in [-0.4, -0.2) is 26.3 Å². The molecule has 0 aliphatic carbocycles. The molecule has 0 unspecified atom stereocenters. The molecule has 1 aromatic carbocycles. The van der Waals surface area contributed by atoms with Crippen molar-refractivity contribution >= 4 is 34.7 Å². The van der Waals surface area contributed by atoms with Crippen LogP contribution in [0.4, 0.5) is 4.39 Å². The molecule has 136 valence electrons. The number of halogens is 1. The standard InChI is InChI=1S/C19H15FN4OS2/c20-14-8-6-13(7-9-14)18(15-4-3-11-26-15)21-17(25)12-27-19-23-22-16-5-1-2-10-24(16)19/h1-11,18H,12H2,(H,21,25)/t18-/m1/s1. The van der Waals surface area contributed by atoms with Crippen molar-refractivity contribution in [3.8, 4) is 0 Å². The summed E-state index contributed by atoms with van der Waals surface area (Å²) in [6.45, 7) is 0. The largest absolute Gasteiger partial charge is 0.344 e. The molecular weight excluding hydrogens is 383 g/mol. The van der Waals surface area contributed by atoms with Crippen LogP contribution >= 0.6 is 23.1 Å². The number of carbonyl (C=O) groups excluding carboxylic acids is 1. The smallest absolute Gasteiger partial charge is 0.231 e. The number of hydrogen-bond acceptors (Lipinski definition) is 5. The van der Waals surface area contributed by atoms with Gasteiger partial charge in [-0.1, -0.05) is 36.0 Å². The van der Waals surface area contributed by atoms with Gasteiger partial charge in [-0.3, -0.25) is 9.20 Å². The number of thiophene rings is 1. The van der Waals surface area contributed by atoms with Crippen LogP contribution in [0.3, 0.4) is 0 Å². The van der Waals surface area contributed by atoms with E-state index in [0.717, 1.165) is 16.1 Å². The number of amides is 1. The number of benzene rings is 1. The molecule has 5 nitrogen and oxygen atoms in total. The first kappa shape index (κ1) is 17.7. The van der Waals surface area contributed by atoms with Gasteiger partial charge >= 0.3 is 0 Å². The van der Waals surface area contributed by atoms with E-state index in [2.05, 4.69) is 15.5 Å². The molecule has 1 atom stereocenters. The molecule has 0 bridgehead atoms. The van der Waals surface area contributed by atoms with Crippen LogP contribution in [0.2, 0.25) is 0 Å². The van der Waals surface area contributed by atoms with Gasteiger partial charge in [-0.15, -0.1) is 21.5 Å². The molecule has 3 aromatic heterocycles. The first-order valence-corrected chi connectivity index (χ1v) is 10.1. The predicted molar refractivity (Wildman–Crippen MR) is 104 cm³/mol. The molecule has 0 aliphatic heterocycles. The molecule has 1 amide bonds. The maximum atomic E-state index is 13.3. The van der Waals surface area contributed by atoms with Crippen molar-refractivity contribution in [2.45, 2.75) is 11.2 Å². The van der Waals surface area contributed by atoms with E-state index in [-0.39, 0.29) is 23.5 Å². The average molecular weight is 398 g/mol. The minimum Gasteiger partial charge on any atom is -0.344 e. The zero-order valence-corrected chi connectivity index (χ0v) is 15.7. The third-order valence-electron chi connectivity index (χ3n) is 3.95. The first-order valence-electron chi connectivity index (χ1n) is 8.21.